The Morgan fingerprint density at radius 1 is 0.667 bits per heavy atom. The Kier molecular flexibility index (Phi) is 15.6. The highest BCUT2D eigenvalue weighted by molar-refractivity contribution is 5.94. The van der Waals surface area contributed by atoms with E-state index in [2.05, 4.69) is 104 Å². The Bertz CT molecular complexity index is 2220. The molecule has 6 unspecified atom stereocenters. The number of amides is 4. The van der Waals surface area contributed by atoms with E-state index in [-0.39, 0.29) is 81.4 Å². The quantitative estimate of drug-likeness (QED) is 0.199. The highest BCUT2D eigenvalue weighted by Gasteiger charge is 2.70. The molecule has 75 heavy (non-hydrogen) atoms. The standard InChI is InChI=1S/C31H50N2O5.C30H48N2O5/c1-18(2)14-29(5)15-24(38-28(36)32-27(35)22-17-33-13-10-21(22)16-33)30(6)19(3)8-11-31(20(4)26(29)34)12-9-23(37-7)25(30)31;1-17(2)13-28(5)14-23(37-27(36)31-26(35)21-16-32-12-9-20(21)15-32)29(6)18(3)7-10-30(19(4)25(28)34)11-8-22(33)24(29)30/h18-25H,8-17H2,1-7H3,(H,32,35,36);17-21,23-25,34H,7-16H2,1-6H3,(H,31,35,36)/t19-,20+,21-,22+,23-,24-,25?,29-,30+,31?;18-,19+,20-,21+,23-,24?,25+,28-,29+,30?/m11/s1. The highest BCUT2D eigenvalue weighted by atomic mass is 16.6. The third kappa shape index (κ3) is 9.48. The molecule has 4 amide bonds. The second-order valence-corrected chi connectivity index (χ2v) is 29.0. The number of nitrogens with one attached hydrogen (secondary N) is 2. The summed E-state index contributed by atoms with van der Waals surface area (Å²) in [5, 5.41) is 17.1. The lowest BCUT2D eigenvalue weighted by atomic mass is 9.43. The average molecular weight is 1050 g/mol. The lowest BCUT2D eigenvalue weighted by molar-refractivity contribution is -0.200. The molecule has 10 aliphatic rings. The van der Waals surface area contributed by atoms with Gasteiger partial charge in [0.25, 0.3) is 0 Å². The number of aliphatic hydroxyl groups excluding tert-OH is 1. The van der Waals surface area contributed by atoms with Crippen LogP contribution < -0.4 is 10.6 Å². The smallest absolute Gasteiger partial charge is 0.414 e. The van der Waals surface area contributed by atoms with Gasteiger partial charge in [-0.25, -0.2) is 9.59 Å². The van der Waals surface area contributed by atoms with Crippen molar-refractivity contribution in [3.05, 3.63) is 0 Å². The number of aliphatic hydroxyl groups is 1. The van der Waals surface area contributed by atoms with Crippen molar-refractivity contribution in [2.45, 2.75) is 197 Å². The van der Waals surface area contributed by atoms with Crippen molar-refractivity contribution in [1.29, 1.82) is 0 Å². The number of hydrogen-bond donors (Lipinski definition) is 3. The molecule has 0 aromatic carbocycles. The number of piperidine rings is 2. The van der Waals surface area contributed by atoms with Crippen molar-refractivity contribution >= 4 is 35.6 Å². The van der Waals surface area contributed by atoms with Gasteiger partial charge in [0.2, 0.25) is 11.8 Å². The van der Waals surface area contributed by atoms with Crippen molar-refractivity contribution in [3.63, 3.8) is 0 Å². The maximum Gasteiger partial charge on any atom is 0.414 e. The lowest BCUT2D eigenvalue weighted by Gasteiger charge is -2.62. The molecule has 0 radical (unpaired) electrons. The number of ketones is 2. The molecule has 6 saturated carbocycles. The van der Waals surface area contributed by atoms with Crippen LogP contribution in [0, 0.1) is 104 Å². The van der Waals surface area contributed by atoms with Crippen LogP contribution in [0.4, 0.5) is 9.59 Å². The van der Waals surface area contributed by atoms with E-state index >= 15 is 0 Å². The fraction of sp³-hybridized carbons (Fsp3) is 0.902. The second kappa shape index (κ2) is 20.6. The zero-order valence-corrected chi connectivity index (χ0v) is 48.4. The molecule has 4 heterocycles. The first kappa shape index (κ1) is 56.8. The van der Waals surface area contributed by atoms with Crippen LogP contribution >= 0.6 is 0 Å². The molecule has 422 valence electrons. The monoisotopic (exact) mass is 1050 g/mol. The highest BCUT2D eigenvalue weighted by Crippen LogP contribution is 2.70. The molecule has 0 aromatic rings. The predicted octanol–water partition coefficient (Wildman–Crippen LogP) is 9.48. The van der Waals surface area contributed by atoms with E-state index in [1.807, 2.05) is 0 Å². The van der Waals surface area contributed by atoms with Crippen molar-refractivity contribution in [3.8, 4) is 0 Å². The summed E-state index contributed by atoms with van der Waals surface area (Å²) in [6.45, 7) is 31.5. The van der Waals surface area contributed by atoms with Crippen LogP contribution in [0.15, 0.2) is 0 Å². The molecule has 22 atom stereocenters. The number of alkyl carbamates (subject to hydrolysis) is 2. The van der Waals surface area contributed by atoms with Crippen LogP contribution in [-0.4, -0.2) is 121 Å². The number of fused-ring (bicyclic) bond motifs is 4. The summed E-state index contributed by atoms with van der Waals surface area (Å²) in [5.74, 6) is 1.43. The van der Waals surface area contributed by atoms with E-state index < -0.39 is 46.7 Å². The molecule has 0 aromatic heterocycles. The zero-order chi connectivity index (χ0) is 54.5. The molecule has 3 N–H and O–H groups in total. The number of carbonyl (C=O) groups excluding carboxylic acids is 6. The van der Waals surface area contributed by atoms with Crippen molar-refractivity contribution < 1.29 is 48.1 Å². The van der Waals surface area contributed by atoms with Crippen molar-refractivity contribution in [2.24, 2.45) is 104 Å². The molecule has 10 rings (SSSR count). The second-order valence-electron chi connectivity index (χ2n) is 29.0. The fourth-order valence-electron chi connectivity index (χ4n) is 20.1. The maximum atomic E-state index is 14.4. The maximum absolute atomic E-state index is 14.4. The van der Waals surface area contributed by atoms with E-state index in [4.69, 9.17) is 14.2 Å². The van der Waals surface area contributed by atoms with E-state index in [1.54, 1.807) is 7.11 Å². The van der Waals surface area contributed by atoms with E-state index in [1.165, 1.54) is 0 Å². The predicted molar refractivity (Wildman–Crippen MR) is 286 cm³/mol. The van der Waals surface area contributed by atoms with Crippen LogP contribution in [0.25, 0.3) is 0 Å². The van der Waals surface area contributed by atoms with Crippen LogP contribution in [-0.2, 0) is 33.4 Å². The minimum atomic E-state index is -0.696. The first-order valence-electron chi connectivity index (χ1n) is 29.9. The van der Waals surface area contributed by atoms with Crippen LogP contribution in [0.1, 0.15) is 173 Å². The molecule has 4 aliphatic heterocycles. The fourth-order valence-corrected chi connectivity index (χ4v) is 20.1. The lowest BCUT2D eigenvalue weighted by Crippen LogP contribution is -2.63. The largest absolute Gasteiger partial charge is 0.445 e. The topological polar surface area (TPSA) is 181 Å². The Balaban J connectivity index is 0.000000184. The molecular weight excluding hydrogens is 949 g/mol. The van der Waals surface area contributed by atoms with Gasteiger partial charge >= 0.3 is 12.2 Å². The normalized spacial score (nSPS) is 48.4. The summed E-state index contributed by atoms with van der Waals surface area (Å²) < 4.78 is 18.7. The van der Waals surface area contributed by atoms with Gasteiger partial charge in [-0.15, -0.1) is 0 Å². The molecule has 8 bridgehead atoms. The van der Waals surface area contributed by atoms with Gasteiger partial charge in [-0.05, 0) is 154 Å². The average Bonchev–Trinajstić information content (AvgIpc) is 4.23. The van der Waals surface area contributed by atoms with Crippen molar-refractivity contribution in [2.75, 3.05) is 46.4 Å². The number of carbonyl (C=O) groups is 6. The Labute approximate surface area is 449 Å². The molecular formula is C61H98N4O10. The molecule has 6 aliphatic carbocycles. The number of rotatable bonds is 9. The van der Waals surface area contributed by atoms with E-state index in [9.17, 15) is 33.9 Å². The zero-order valence-electron chi connectivity index (χ0n) is 48.4. The molecule has 14 nitrogen and oxygen atoms in total. The molecule has 0 spiro atoms. The first-order valence-corrected chi connectivity index (χ1v) is 29.9. The summed E-state index contributed by atoms with van der Waals surface area (Å²) in [4.78, 5) is 85.4. The van der Waals surface area contributed by atoms with Gasteiger partial charge in [-0.1, -0.05) is 83.1 Å². The van der Waals surface area contributed by atoms with Gasteiger partial charge in [0.1, 0.15) is 23.8 Å². The summed E-state index contributed by atoms with van der Waals surface area (Å²) in [6.07, 6.45) is 8.71. The van der Waals surface area contributed by atoms with Crippen LogP contribution in [0.2, 0.25) is 0 Å². The van der Waals surface area contributed by atoms with E-state index in [0.717, 1.165) is 103 Å². The molecule has 14 heteroatoms. The Morgan fingerprint density at radius 2 is 1.17 bits per heavy atom. The van der Waals surface area contributed by atoms with Gasteiger partial charge < -0.3 is 29.1 Å². The van der Waals surface area contributed by atoms with Gasteiger partial charge in [0.15, 0.2) is 0 Å². The van der Waals surface area contributed by atoms with Crippen LogP contribution in [0.5, 0.6) is 0 Å². The van der Waals surface area contributed by atoms with Gasteiger partial charge in [-0.2, -0.15) is 0 Å². The number of methoxy groups -OCH3 is 1. The van der Waals surface area contributed by atoms with Crippen LogP contribution in [0.3, 0.4) is 0 Å². The third-order valence-corrected chi connectivity index (χ3v) is 24.1. The first-order chi connectivity index (χ1) is 35.2. The van der Waals surface area contributed by atoms with Crippen molar-refractivity contribution in [1.82, 2.24) is 20.4 Å². The van der Waals surface area contributed by atoms with Gasteiger partial charge in [-0.3, -0.25) is 29.8 Å². The minimum Gasteiger partial charge on any atom is -0.445 e. The minimum absolute atomic E-state index is 0.0105. The summed E-state index contributed by atoms with van der Waals surface area (Å²) >= 11 is 0. The summed E-state index contributed by atoms with van der Waals surface area (Å²) in [5.41, 5.74) is -2.40. The summed E-state index contributed by atoms with van der Waals surface area (Å²) in [6, 6.07) is 0. The van der Waals surface area contributed by atoms with Gasteiger partial charge in [0, 0.05) is 73.7 Å². The SMILES string of the molecule is CC(C)C[C@]1(C)C[C@@H](OC(=O)NC(=O)[C@H]2CN3CC[C@@H]2C3)[C@@]2(C)C3C(=O)CCC3(CC[C@H]2C)[C@@H](C)[C@@H]1O.CO[C@@H]1CCC23CC[C@@H](C)[C@](C)(C12)[C@H](OC(=O)NC(=O)[C@H]1CN2CC[C@@H]1C2)C[C@@](C)(CC(C)C)C(=O)[C@@H]3C. The number of nitrogens with zero attached hydrogens (tertiary/aromatic N) is 2. The Hall–Kier alpha value is -2.94. The number of imide groups is 2. The molecule has 4 saturated heterocycles. The number of Topliss-reactive ketones (excluding diaryl/α,β-unsaturated/α-hetero) is 2. The van der Waals surface area contributed by atoms with E-state index in [0.29, 0.717) is 61.2 Å². The number of ether oxygens (including phenoxy) is 3. The Morgan fingerprint density at radius 3 is 1.67 bits per heavy atom. The molecule has 10 fully saturated rings. The summed E-state index contributed by atoms with van der Waals surface area (Å²) in [7, 11) is 1.79. The van der Waals surface area contributed by atoms with Gasteiger partial charge in [0.05, 0.1) is 24.0 Å². The third-order valence-electron chi connectivity index (χ3n) is 24.1. The number of hydrogen-bond acceptors (Lipinski definition) is 12.